The van der Waals surface area contributed by atoms with E-state index in [0.29, 0.717) is 5.92 Å². The molecule has 16 heavy (non-hydrogen) atoms. The van der Waals surface area contributed by atoms with Gasteiger partial charge in [-0.1, -0.05) is 13.3 Å². The number of nitrogens with zero attached hydrogens (tertiary/aromatic N) is 2. The summed E-state index contributed by atoms with van der Waals surface area (Å²) in [5.41, 5.74) is 0. The van der Waals surface area contributed by atoms with Crippen LogP contribution in [0.5, 0.6) is 0 Å². The van der Waals surface area contributed by atoms with Gasteiger partial charge < -0.3 is 9.67 Å². The zero-order chi connectivity index (χ0) is 11.4. The van der Waals surface area contributed by atoms with Crippen LogP contribution in [0, 0.1) is 5.92 Å². The lowest BCUT2D eigenvalue weighted by Gasteiger charge is -2.25. The molecule has 0 radical (unpaired) electrons. The van der Waals surface area contributed by atoms with Gasteiger partial charge >= 0.3 is 0 Å². The van der Waals surface area contributed by atoms with E-state index in [4.69, 9.17) is 0 Å². The SMILES string of the molecule is CCCn1ccnc1CC1CCCC(O)C1. The Hall–Kier alpha value is -0.830. The molecule has 0 aliphatic heterocycles. The Morgan fingerprint density at radius 1 is 1.50 bits per heavy atom. The molecule has 2 rings (SSSR count). The molecule has 1 heterocycles. The molecule has 0 amide bonds. The van der Waals surface area contributed by atoms with E-state index in [1.165, 1.54) is 18.7 Å². The molecule has 2 atom stereocenters. The fourth-order valence-electron chi connectivity index (χ4n) is 2.68. The van der Waals surface area contributed by atoms with Crippen LogP contribution in [-0.2, 0) is 13.0 Å². The third-order valence-corrected chi connectivity index (χ3v) is 3.49. The normalized spacial score (nSPS) is 25.9. The van der Waals surface area contributed by atoms with Crippen molar-refractivity contribution in [3.63, 3.8) is 0 Å². The van der Waals surface area contributed by atoms with Crippen molar-refractivity contribution in [2.24, 2.45) is 5.92 Å². The molecule has 3 nitrogen and oxygen atoms in total. The topological polar surface area (TPSA) is 38.0 Å². The second kappa shape index (κ2) is 5.48. The molecular formula is C13H22N2O. The summed E-state index contributed by atoms with van der Waals surface area (Å²) >= 11 is 0. The molecule has 1 fully saturated rings. The van der Waals surface area contributed by atoms with Crippen molar-refractivity contribution in [2.75, 3.05) is 0 Å². The first-order valence-corrected chi connectivity index (χ1v) is 6.47. The molecule has 1 N–H and O–H groups in total. The van der Waals surface area contributed by atoms with Crippen molar-refractivity contribution in [2.45, 2.75) is 58.1 Å². The van der Waals surface area contributed by atoms with Crippen LogP contribution in [0.15, 0.2) is 12.4 Å². The maximum atomic E-state index is 9.65. The lowest BCUT2D eigenvalue weighted by Crippen LogP contribution is -2.22. The van der Waals surface area contributed by atoms with Crippen LogP contribution in [0.1, 0.15) is 44.9 Å². The molecule has 2 unspecified atom stereocenters. The van der Waals surface area contributed by atoms with Crippen molar-refractivity contribution < 1.29 is 5.11 Å². The van der Waals surface area contributed by atoms with Crippen LogP contribution in [0.3, 0.4) is 0 Å². The number of hydrogen-bond donors (Lipinski definition) is 1. The van der Waals surface area contributed by atoms with Crippen LogP contribution in [-0.4, -0.2) is 20.8 Å². The van der Waals surface area contributed by atoms with Gasteiger partial charge in [-0.25, -0.2) is 4.98 Å². The molecule has 90 valence electrons. The molecule has 1 aliphatic carbocycles. The minimum Gasteiger partial charge on any atom is -0.393 e. The summed E-state index contributed by atoms with van der Waals surface area (Å²) in [6.45, 7) is 3.25. The second-order valence-electron chi connectivity index (χ2n) is 4.93. The van der Waals surface area contributed by atoms with Crippen molar-refractivity contribution >= 4 is 0 Å². The van der Waals surface area contributed by atoms with E-state index in [-0.39, 0.29) is 6.10 Å². The predicted octanol–water partition coefficient (Wildman–Crippen LogP) is 2.39. The highest BCUT2D eigenvalue weighted by molar-refractivity contribution is 4.95. The van der Waals surface area contributed by atoms with E-state index in [9.17, 15) is 5.11 Å². The van der Waals surface area contributed by atoms with Gasteiger partial charge in [-0.05, 0) is 31.6 Å². The van der Waals surface area contributed by atoms with E-state index < -0.39 is 0 Å². The number of hydrogen-bond acceptors (Lipinski definition) is 2. The lowest BCUT2D eigenvalue weighted by atomic mass is 9.85. The van der Waals surface area contributed by atoms with Gasteiger partial charge in [-0.15, -0.1) is 0 Å². The van der Waals surface area contributed by atoms with E-state index in [2.05, 4.69) is 22.7 Å². The van der Waals surface area contributed by atoms with Gasteiger partial charge in [-0.2, -0.15) is 0 Å². The Labute approximate surface area is 97.5 Å². The third-order valence-electron chi connectivity index (χ3n) is 3.49. The summed E-state index contributed by atoms with van der Waals surface area (Å²) in [6, 6.07) is 0. The van der Waals surface area contributed by atoms with E-state index in [1.54, 1.807) is 0 Å². The van der Waals surface area contributed by atoms with Gasteiger partial charge in [-0.3, -0.25) is 0 Å². The predicted molar refractivity (Wildman–Crippen MR) is 64.2 cm³/mol. The maximum absolute atomic E-state index is 9.65. The Balaban J connectivity index is 1.94. The Kier molecular flexibility index (Phi) is 3.99. The van der Waals surface area contributed by atoms with Gasteiger partial charge in [0.1, 0.15) is 5.82 Å². The van der Waals surface area contributed by atoms with Gasteiger partial charge in [0.05, 0.1) is 6.10 Å². The summed E-state index contributed by atoms with van der Waals surface area (Å²) in [5, 5.41) is 9.65. The number of aliphatic hydroxyl groups is 1. The summed E-state index contributed by atoms with van der Waals surface area (Å²) in [7, 11) is 0. The summed E-state index contributed by atoms with van der Waals surface area (Å²) in [6.07, 6.45) is 10.4. The molecule has 0 saturated heterocycles. The van der Waals surface area contributed by atoms with Crippen LogP contribution in [0.2, 0.25) is 0 Å². The fourth-order valence-corrected chi connectivity index (χ4v) is 2.68. The zero-order valence-corrected chi connectivity index (χ0v) is 10.1. The highest BCUT2D eigenvalue weighted by atomic mass is 16.3. The van der Waals surface area contributed by atoms with E-state index in [0.717, 1.165) is 32.2 Å². The number of imidazole rings is 1. The largest absolute Gasteiger partial charge is 0.393 e. The molecule has 3 heteroatoms. The molecule has 0 bridgehead atoms. The van der Waals surface area contributed by atoms with Crippen molar-refractivity contribution in [1.82, 2.24) is 9.55 Å². The van der Waals surface area contributed by atoms with Gasteiger partial charge in [0.15, 0.2) is 0 Å². The van der Waals surface area contributed by atoms with Gasteiger partial charge in [0, 0.05) is 25.4 Å². The minimum absolute atomic E-state index is 0.0756. The molecular weight excluding hydrogens is 200 g/mol. The average molecular weight is 222 g/mol. The molecule has 0 aromatic carbocycles. The standard InChI is InChI=1S/C13H22N2O/c1-2-7-15-8-6-14-13(15)10-11-4-3-5-12(16)9-11/h6,8,11-12,16H,2-5,7,9-10H2,1H3. The first-order chi connectivity index (χ1) is 7.79. The van der Waals surface area contributed by atoms with Crippen molar-refractivity contribution in [3.8, 4) is 0 Å². The van der Waals surface area contributed by atoms with Crippen LogP contribution < -0.4 is 0 Å². The molecule has 0 spiro atoms. The van der Waals surface area contributed by atoms with Gasteiger partial charge in [0.25, 0.3) is 0 Å². The van der Waals surface area contributed by atoms with Crippen LogP contribution in [0.4, 0.5) is 0 Å². The highest BCUT2D eigenvalue weighted by Gasteiger charge is 2.21. The molecule has 1 aromatic rings. The summed E-state index contributed by atoms with van der Waals surface area (Å²) in [5.74, 6) is 1.82. The Morgan fingerprint density at radius 3 is 3.12 bits per heavy atom. The smallest absolute Gasteiger partial charge is 0.108 e. The maximum Gasteiger partial charge on any atom is 0.108 e. The second-order valence-corrected chi connectivity index (χ2v) is 4.93. The third kappa shape index (κ3) is 2.85. The van der Waals surface area contributed by atoms with Gasteiger partial charge in [0.2, 0.25) is 0 Å². The van der Waals surface area contributed by atoms with Crippen molar-refractivity contribution in [3.05, 3.63) is 18.2 Å². The Morgan fingerprint density at radius 2 is 2.38 bits per heavy atom. The first-order valence-electron chi connectivity index (χ1n) is 6.47. The fraction of sp³-hybridized carbons (Fsp3) is 0.769. The van der Waals surface area contributed by atoms with E-state index >= 15 is 0 Å². The summed E-state index contributed by atoms with van der Waals surface area (Å²) in [4.78, 5) is 4.44. The van der Waals surface area contributed by atoms with E-state index in [1.807, 2.05) is 6.20 Å². The summed E-state index contributed by atoms with van der Waals surface area (Å²) < 4.78 is 2.25. The molecule has 1 saturated carbocycles. The van der Waals surface area contributed by atoms with Crippen LogP contribution >= 0.6 is 0 Å². The lowest BCUT2D eigenvalue weighted by molar-refractivity contribution is 0.100. The highest BCUT2D eigenvalue weighted by Crippen LogP contribution is 2.26. The molecule has 1 aliphatic rings. The quantitative estimate of drug-likeness (QED) is 0.849. The average Bonchev–Trinajstić information content (AvgIpc) is 2.66. The van der Waals surface area contributed by atoms with Crippen molar-refractivity contribution in [1.29, 1.82) is 0 Å². The number of aliphatic hydroxyl groups excluding tert-OH is 1. The van der Waals surface area contributed by atoms with Crippen LogP contribution in [0.25, 0.3) is 0 Å². The number of rotatable bonds is 4. The number of aromatic nitrogens is 2. The zero-order valence-electron chi connectivity index (χ0n) is 10.1. The molecule has 1 aromatic heterocycles. The minimum atomic E-state index is -0.0756. The first kappa shape index (κ1) is 11.6. The number of aryl methyl sites for hydroxylation is 1. The Bertz CT molecular complexity index is 321. The monoisotopic (exact) mass is 222 g/mol.